The fourth-order valence-electron chi connectivity index (χ4n) is 8.67. The van der Waals surface area contributed by atoms with Crippen LogP contribution in [0.15, 0.2) is 103 Å². The van der Waals surface area contributed by atoms with E-state index in [0.29, 0.717) is 11.5 Å². The third-order valence-corrected chi connectivity index (χ3v) is 13.5. The van der Waals surface area contributed by atoms with Crippen molar-refractivity contribution in [1.29, 1.82) is 0 Å². The van der Waals surface area contributed by atoms with Crippen LogP contribution in [0.1, 0.15) is 145 Å². The Balaban J connectivity index is 0.00000612. The molecule has 1 aliphatic rings. The first-order valence-corrected chi connectivity index (χ1v) is 22.9. The van der Waals surface area contributed by atoms with Gasteiger partial charge in [-0.2, -0.15) is 6.07 Å². The normalized spacial score (nSPS) is 13.7. The maximum Gasteiger partial charge on any atom is 0.135 e. The van der Waals surface area contributed by atoms with E-state index in [1.165, 1.54) is 27.6 Å². The monoisotopic (exact) mass is 1030 g/mol. The Morgan fingerprint density at radius 3 is 1.84 bits per heavy atom. The Morgan fingerprint density at radius 2 is 1.19 bits per heavy atom. The van der Waals surface area contributed by atoms with Crippen LogP contribution >= 0.6 is 0 Å². The molecule has 2 aromatic heterocycles. The number of nitrogens with zero attached hydrogens (tertiary/aromatic N) is 4. The average Bonchev–Trinajstić information content (AvgIpc) is 3.77. The number of aromatic nitrogens is 2. The van der Waals surface area contributed by atoms with Crippen LogP contribution in [0, 0.1) is 18.8 Å². The molecule has 6 heteroatoms. The summed E-state index contributed by atoms with van der Waals surface area (Å²) in [4.78, 5) is 9.58. The summed E-state index contributed by atoms with van der Waals surface area (Å²) >= 11 is 0. The smallest absolute Gasteiger partial charge is 0.135 e. The maximum atomic E-state index is 6.92. The summed E-state index contributed by atoms with van der Waals surface area (Å²) in [5.41, 5.74) is 12.5. The van der Waals surface area contributed by atoms with Crippen LogP contribution < -0.4 is 14.5 Å². The molecule has 0 bridgehead atoms. The number of ether oxygens (including phenoxy) is 1. The second-order valence-corrected chi connectivity index (χ2v) is 22.2. The molecule has 7 aromatic rings. The molecule has 5 aromatic carbocycles. The quantitative estimate of drug-likeness (QED) is 0.142. The molecular formula is C58H67N4OPt-3. The van der Waals surface area contributed by atoms with Crippen molar-refractivity contribution in [2.45, 2.75) is 144 Å². The molecule has 0 atom stereocenters. The summed E-state index contributed by atoms with van der Waals surface area (Å²) in [5.74, 6) is 2.13. The molecule has 0 saturated heterocycles. The molecular weight excluding hydrogens is 964 g/mol. The number of hydrogen-bond donors (Lipinski definition) is 0. The zero-order chi connectivity index (χ0) is 45.4. The first-order chi connectivity index (χ1) is 29.5. The van der Waals surface area contributed by atoms with Gasteiger partial charge >= 0.3 is 0 Å². The summed E-state index contributed by atoms with van der Waals surface area (Å²) < 4.78 is 9.17. The Labute approximate surface area is 398 Å². The standard InChI is InChI=1S/C58H67N4O.Pt/c1-16-58(15,17-2)41-19-18-20-43(29-41)60-37-61(52-33-39(55(6,7)8)22-26-50(52)60)44-30-42(57(12,13)14)31-46(35-44)63-45-23-24-47-48-32-38(54(3,4)5)21-25-49(48)62(51(47)36-45)53-34-40(27-28-59-53)56(9,10)11;/h18-34,37H,16-17H2,1-15H3;/q-3;. The Hall–Kier alpha value is -4.86. The minimum atomic E-state index is -0.162. The average molecular weight is 1030 g/mol. The van der Waals surface area contributed by atoms with E-state index in [0.717, 1.165) is 63.4 Å². The largest absolute Gasteiger partial charge is 0.509 e. The number of hydrogen-bond acceptors (Lipinski definition) is 4. The zero-order valence-electron chi connectivity index (χ0n) is 40.8. The van der Waals surface area contributed by atoms with Gasteiger partial charge in [0.05, 0.1) is 0 Å². The van der Waals surface area contributed by atoms with E-state index in [9.17, 15) is 0 Å². The van der Waals surface area contributed by atoms with E-state index in [1.807, 2.05) is 12.3 Å². The van der Waals surface area contributed by atoms with Crippen LogP contribution in [-0.2, 0) is 48.1 Å². The van der Waals surface area contributed by atoms with E-state index in [-0.39, 0.29) is 48.1 Å². The Kier molecular flexibility index (Phi) is 12.4. The second kappa shape index (κ2) is 16.8. The molecule has 0 amide bonds. The predicted molar refractivity (Wildman–Crippen MR) is 267 cm³/mol. The summed E-state index contributed by atoms with van der Waals surface area (Å²) in [6.45, 7) is 36.3. The Bertz CT molecular complexity index is 2840. The van der Waals surface area contributed by atoms with Gasteiger partial charge in [0.15, 0.2) is 0 Å². The number of pyridine rings is 1. The van der Waals surface area contributed by atoms with E-state index < -0.39 is 0 Å². The first-order valence-electron chi connectivity index (χ1n) is 22.9. The summed E-state index contributed by atoms with van der Waals surface area (Å²) in [6.07, 6.45) is 4.09. The van der Waals surface area contributed by atoms with Crippen LogP contribution in [0.4, 0.5) is 22.7 Å². The number of benzene rings is 5. The molecule has 1 aliphatic heterocycles. The van der Waals surface area contributed by atoms with Crippen LogP contribution in [0.2, 0.25) is 0 Å². The molecule has 0 aliphatic carbocycles. The molecule has 5 nitrogen and oxygen atoms in total. The van der Waals surface area contributed by atoms with Crippen molar-refractivity contribution in [3.05, 3.63) is 150 Å². The van der Waals surface area contributed by atoms with E-state index >= 15 is 0 Å². The summed E-state index contributed by atoms with van der Waals surface area (Å²) in [7, 11) is 0. The number of fused-ring (bicyclic) bond motifs is 4. The van der Waals surface area contributed by atoms with E-state index in [4.69, 9.17) is 9.72 Å². The van der Waals surface area contributed by atoms with Gasteiger partial charge in [-0.05, 0) is 110 Å². The van der Waals surface area contributed by atoms with Crippen molar-refractivity contribution in [3.63, 3.8) is 0 Å². The van der Waals surface area contributed by atoms with Crippen LogP contribution in [0.5, 0.6) is 11.5 Å². The molecule has 0 saturated carbocycles. The summed E-state index contributed by atoms with van der Waals surface area (Å²) in [5, 5.41) is 2.29. The van der Waals surface area contributed by atoms with Gasteiger partial charge in [-0.15, -0.1) is 53.6 Å². The predicted octanol–water partition coefficient (Wildman–Crippen LogP) is 16.2. The molecule has 0 radical (unpaired) electrons. The van der Waals surface area contributed by atoms with Crippen molar-refractivity contribution in [2.24, 2.45) is 0 Å². The van der Waals surface area contributed by atoms with Gasteiger partial charge in [-0.1, -0.05) is 140 Å². The van der Waals surface area contributed by atoms with Crippen molar-refractivity contribution < 1.29 is 25.8 Å². The van der Waals surface area contributed by atoms with Crippen LogP contribution in [0.25, 0.3) is 27.6 Å². The van der Waals surface area contributed by atoms with Gasteiger partial charge in [0.2, 0.25) is 0 Å². The molecule has 0 unspecified atom stereocenters. The fourth-order valence-corrected chi connectivity index (χ4v) is 8.67. The topological polar surface area (TPSA) is 33.5 Å². The first kappa shape index (κ1) is 47.1. The molecule has 8 rings (SSSR count). The van der Waals surface area contributed by atoms with Crippen LogP contribution in [-0.4, -0.2) is 9.55 Å². The second-order valence-electron chi connectivity index (χ2n) is 22.2. The third kappa shape index (κ3) is 8.91. The van der Waals surface area contributed by atoms with Crippen molar-refractivity contribution >= 4 is 44.6 Å². The molecule has 64 heavy (non-hydrogen) atoms. The van der Waals surface area contributed by atoms with Gasteiger partial charge in [-0.25, -0.2) is 4.98 Å². The minimum Gasteiger partial charge on any atom is -0.509 e. The third-order valence-electron chi connectivity index (χ3n) is 13.5. The molecule has 0 N–H and O–H groups in total. The maximum absolute atomic E-state index is 6.92. The SMILES string of the molecule is CCC(C)(CC)c1cccc(N2[CH-]N(c3[c-]c(Oc4[c-]c5c(cc4)c4cc(C(C)(C)C)ccc4n5-c4cc(C(C)(C)C)ccn4)cc(C(C)(C)C)c3)c3cc(C(C)(C)C)ccc32)c1.[Pt]. The van der Waals surface area contributed by atoms with E-state index in [1.54, 1.807) is 0 Å². The summed E-state index contributed by atoms with van der Waals surface area (Å²) in [6, 6.07) is 43.3. The number of anilines is 4. The minimum absolute atomic E-state index is 0. The van der Waals surface area contributed by atoms with Crippen molar-refractivity contribution in [3.8, 4) is 17.3 Å². The van der Waals surface area contributed by atoms with Gasteiger partial charge < -0.3 is 19.1 Å². The zero-order valence-corrected chi connectivity index (χ0v) is 43.1. The molecule has 3 heterocycles. The van der Waals surface area contributed by atoms with Gasteiger partial charge in [0.1, 0.15) is 5.82 Å². The molecule has 0 fully saturated rings. The number of rotatable bonds is 8. The van der Waals surface area contributed by atoms with E-state index in [2.05, 4.69) is 228 Å². The molecule has 338 valence electrons. The van der Waals surface area contributed by atoms with Crippen molar-refractivity contribution in [1.82, 2.24) is 9.55 Å². The van der Waals surface area contributed by atoms with Gasteiger partial charge in [0.25, 0.3) is 0 Å². The Morgan fingerprint density at radius 1 is 0.547 bits per heavy atom. The van der Waals surface area contributed by atoms with Crippen molar-refractivity contribution in [2.75, 3.05) is 9.80 Å². The molecule has 0 spiro atoms. The fraction of sp³-hybridized carbons (Fsp3) is 0.379. The van der Waals surface area contributed by atoms with Gasteiger partial charge in [0, 0.05) is 61.3 Å². The van der Waals surface area contributed by atoms with Gasteiger partial charge in [-0.3, -0.25) is 0 Å². The van der Waals surface area contributed by atoms with Crippen LogP contribution in [0.3, 0.4) is 0 Å².